The van der Waals surface area contributed by atoms with E-state index in [-0.39, 0.29) is 36.6 Å². The number of hydrogen-bond acceptors (Lipinski definition) is 6. The van der Waals surface area contributed by atoms with Gasteiger partial charge in [-0.05, 0) is 42.3 Å². The van der Waals surface area contributed by atoms with Crippen molar-refractivity contribution in [2.45, 2.75) is 32.5 Å². The Morgan fingerprint density at radius 3 is 2.39 bits per heavy atom. The number of anilines is 1. The Morgan fingerprint density at radius 1 is 1.08 bits per heavy atom. The standard InChI is InChI=1S/C26H26ClF3N4O4/c1-15(2)22(34-23-8-3-16(12-33-23)25(37)31-10-9-24(35)36)14-38-18-5-7-21(32-13-18)19-6-4-17(11-20(19)27)26(28,29)30/h3-8,11-13,15,22H,9-10,14H2,1-2H3,(H,31,37)(H,33,34)(H,35,36)/t22-/m1/s1. The Morgan fingerprint density at radius 2 is 1.84 bits per heavy atom. The molecule has 0 aliphatic carbocycles. The number of carboxylic acid groups (broad SMARTS) is 1. The van der Waals surface area contributed by atoms with Crippen molar-refractivity contribution in [2.75, 3.05) is 18.5 Å². The SMILES string of the molecule is CC(C)[C@@H](COc1ccc(-c2ccc(C(F)(F)F)cc2Cl)nc1)Nc1ccc(C(=O)NCCC(=O)O)cn1. The number of aromatic nitrogens is 2. The molecule has 1 aromatic carbocycles. The number of nitrogens with zero attached hydrogens (tertiary/aromatic N) is 2. The molecule has 0 aliphatic rings. The number of rotatable bonds is 11. The molecule has 1 amide bonds. The second-order valence-electron chi connectivity index (χ2n) is 8.71. The first kappa shape index (κ1) is 28.7. The predicted molar refractivity (Wildman–Crippen MR) is 136 cm³/mol. The molecule has 0 aliphatic heterocycles. The van der Waals surface area contributed by atoms with E-state index in [4.69, 9.17) is 21.4 Å². The number of carbonyl (C=O) groups excluding carboxylic acids is 1. The molecule has 0 fully saturated rings. The number of aliphatic carboxylic acids is 1. The molecule has 1 atom stereocenters. The number of carbonyl (C=O) groups is 2. The fourth-order valence-corrected chi connectivity index (χ4v) is 3.58. The van der Waals surface area contributed by atoms with Gasteiger partial charge in [-0.3, -0.25) is 14.6 Å². The van der Waals surface area contributed by atoms with E-state index in [1.807, 2.05) is 13.8 Å². The number of halogens is 4. The average Bonchev–Trinajstić information content (AvgIpc) is 2.86. The highest BCUT2D eigenvalue weighted by molar-refractivity contribution is 6.33. The minimum atomic E-state index is -4.48. The van der Waals surface area contributed by atoms with Gasteiger partial charge in [0.25, 0.3) is 5.91 Å². The lowest BCUT2D eigenvalue weighted by Crippen LogP contribution is -2.32. The summed E-state index contributed by atoms with van der Waals surface area (Å²) in [6, 6.07) is 9.46. The van der Waals surface area contributed by atoms with Gasteiger partial charge in [-0.15, -0.1) is 0 Å². The number of pyridine rings is 2. The van der Waals surface area contributed by atoms with E-state index in [1.54, 1.807) is 24.3 Å². The molecule has 0 spiro atoms. The molecule has 12 heteroatoms. The summed E-state index contributed by atoms with van der Waals surface area (Å²) in [7, 11) is 0. The van der Waals surface area contributed by atoms with Crippen molar-refractivity contribution in [1.29, 1.82) is 0 Å². The van der Waals surface area contributed by atoms with Gasteiger partial charge >= 0.3 is 12.1 Å². The second kappa shape index (κ2) is 12.6. The minimum absolute atomic E-state index is 0.0220. The zero-order valence-electron chi connectivity index (χ0n) is 20.6. The summed E-state index contributed by atoms with van der Waals surface area (Å²) in [6.07, 6.45) is -1.79. The van der Waals surface area contributed by atoms with E-state index < -0.39 is 23.6 Å². The van der Waals surface area contributed by atoms with Crippen molar-refractivity contribution in [3.8, 4) is 17.0 Å². The third-order valence-electron chi connectivity index (χ3n) is 5.53. The monoisotopic (exact) mass is 550 g/mol. The smallest absolute Gasteiger partial charge is 0.416 e. The minimum Gasteiger partial charge on any atom is -0.490 e. The Labute approximate surface area is 222 Å². The van der Waals surface area contributed by atoms with Crippen LogP contribution in [0, 0.1) is 5.92 Å². The molecule has 3 rings (SSSR count). The van der Waals surface area contributed by atoms with Crippen LogP contribution in [0.4, 0.5) is 19.0 Å². The Kier molecular flexibility index (Phi) is 9.51. The van der Waals surface area contributed by atoms with E-state index in [0.29, 0.717) is 28.4 Å². The number of carboxylic acids is 1. The molecule has 3 aromatic rings. The molecular formula is C26H26ClF3N4O4. The summed E-state index contributed by atoms with van der Waals surface area (Å²) in [6.45, 7) is 4.28. The van der Waals surface area contributed by atoms with Crippen LogP contribution in [0.1, 0.15) is 36.2 Å². The largest absolute Gasteiger partial charge is 0.490 e. The van der Waals surface area contributed by atoms with Crippen LogP contribution in [0.3, 0.4) is 0 Å². The molecular weight excluding hydrogens is 525 g/mol. The average molecular weight is 551 g/mol. The maximum atomic E-state index is 12.9. The molecule has 0 unspecified atom stereocenters. The second-order valence-corrected chi connectivity index (χ2v) is 9.12. The summed E-state index contributed by atoms with van der Waals surface area (Å²) < 4.78 is 44.5. The van der Waals surface area contributed by atoms with Crippen LogP contribution >= 0.6 is 11.6 Å². The molecule has 8 nitrogen and oxygen atoms in total. The Bertz CT molecular complexity index is 1250. The summed E-state index contributed by atoms with van der Waals surface area (Å²) in [5.74, 6) is -0.276. The first-order valence-electron chi connectivity index (χ1n) is 11.6. The normalized spacial score (nSPS) is 12.2. The van der Waals surface area contributed by atoms with Gasteiger partial charge in [-0.25, -0.2) is 4.98 Å². The predicted octanol–water partition coefficient (Wildman–Crippen LogP) is 5.54. The molecule has 0 saturated heterocycles. The van der Waals surface area contributed by atoms with E-state index in [1.165, 1.54) is 18.5 Å². The molecule has 2 aromatic heterocycles. The first-order chi connectivity index (χ1) is 17.9. The fraction of sp³-hybridized carbons (Fsp3) is 0.308. The fourth-order valence-electron chi connectivity index (χ4n) is 3.30. The lowest BCUT2D eigenvalue weighted by molar-refractivity contribution is -0.138. The van der Waals surface area contributed by atoms with Crippen LogP contribution in [-0.4, -0.2) is 46.1 Å². The van der Waals surface area contributed by atoms with Crippen LogP contribution in [0.15, 0.2) is 54.9 Å². The summed E-state index contributed by atoms with van der Waals surface area (Å²) in [5.41, 5.74) is 0.253. The molecule has 0 bridgehead atoms. The number of ether oxygens (including phenoxy) is 1. The number of amides is 1. The van der Waals surface area contributed by atoms with Crippen molar-refractivity contribution in [3.05, 3.63) is 71.0 Å². The molecule has 3 N–H and O–H groups in total. The van der Waals surface area contributed by atoms with E-state index in [2.05, 4.69) is 20.6 Å². The van der Waals surface area contributed by atoms with Crippen LogP contribution in [-0.2, 0) is 11.0 Å². The maximum absolute atomic E-state index is 12.9. The Hall–Kier alpha value is -3.86. The van der Waals surface area contributed by atoms with Gasteiger partial charge in [-0.2, -0.15) is 13.2 Å². The lowest BCUT2D eigenvalue weighted by atomic mass is 10.1. The molecule has 0 saturated carbocycles. The maximum Gasteiger partial charge on any atom is 0.416 e. The summed E-state index contributed by atoms with van der Waals surface area (Å²) in [4.78, 5) is 31.2. The van der Waals surface area contributed by atoms with Gasteiger partial charge in [0.15, 0.2) is 0 Å². The van der Waals surface area contributed by atoms with Gasteiger partial charge in [0.2, 0.25) is 0 Å². The van der Waals surface area contributed by atoms with Crippen molar-refractivity contribution in [3.63, 3.8) is 0 Å². The Balaban J connectivity index is 1.58. The summed E-state index contributed by atoms with van der Waals surface area (Å²) >= 11 is 6.06. The van der Waals surface area contributed by atoms with Crippen molar-refractivity contribution < 1.29 is 32.6 Å². The van der Waals surface area contributed by atoms with Crippen molar-refractivity contribution in [1.82, 2.24) is 15.3 Å². The first-order valence-corrected chi connectivity index (χ1v) is 12.0. The van der Waals surface area contributed by atoms with Gasteiger partial charge in [-0.1, -0.05) is 31.5 Å². The van der Waals surface area contributed by atoms with Crippen LogP contribution in [0.2, 0.25) is 5.02 Å². The zero-order chi connectivity index (χ0) is 27.9. The third kappa shape index (κ3) is 8.07. The number of alkyl halides is 3. The van der Waals surface area contributed by atoms with Crippen molar-refractivity contribution >= 4 is 29.3 Å². The van der Waals surface area contributed by atoms with E-state index in [9.17, 15) is 22.8 Å². The van der Waals surface area contributed by atoms with E-state index >= 15 is 0 Å². The lowest BCUT2D eigenvalue weighted by Gasteiger charge is -2.23. The van der Waals surface area contributed by atoms with Gasteiger partial charge in [0.05, 0.1) is 40.5 Å². The van der Waals surface area contributed by atoms with Gasteiger partial charge < -0.3 is 20.5 Å². The molecule has 202 valence electrons. The molecule has 0 radical (unpaired) electrons. The highest BCUT2D eigenvalue weighted by Gasteiger charge is 2.31. The quantitative estimate of drug-likeness (QED) is 0.287. The van der Waals surface area contributed by atoms with Gasteiger partial charge in [0.1, 0.15) is 18.2 Å². The third-order valence-corrected chi connectivity index (χ3v) is 5.84. The van der Waals surface area contributed by atoms with E-state index in [0.717, 1.165) is 12.1 Å². The molecule has 38 heavy (non-hydrogen) atoms. The highest BCUT2D eigenvalue weighted by atomic mass is 35.5. The van der Waals surface area contributed by atoms with Gasteiger partial charge in [0, 0.05) is 18.3 Å². The highest BCUT2D eigenvalue weighted by Crippen LogP contribution is 2.35. The van der Waals surface area contributed by atoms with Crippen LogP contribution < -0.4 is 15.4 Å². The number of benzene rings is 1. The summed E-state index contributed by atoms with van der Waals surface area (Å²) in [5, 5.41) is 14.4. The number of nitrogens with one attached hydrogen (secondary N) is 2. The number of hydrogen-bond donors (Lipinski definition) is 3. The van der Waals surface area contributed by atoms with Crippen LogP contribution in [0.25, 0.3) is 11.3 Å². The zero-order valence-corrected chi connectivity index (χ0v) is 21.3. The van der Waals surface area contributed by atoms with Crippen LogP contribution in [0.5, 0.6) is 5.75 Å². The topological polar surface area (TPSA) is 113 Å². The molecule has 2 heterocycles. The van der Waals surface area contributed by atoms with Crippen molar-refractivity contribution in [2.24, 2.45) is 5.92 Å².